The zero-order valence-corrected chi connectivity index (χ0v) is 15.0. The molecule has 1 atom stereocenters. The van der Waals surface area contributed by atoms with Gasteiger partial charge in [0.15, 0.2) is 0 Å². The van der Waals surface area contributed by atoms with Gasteiger partial charge in [0.1, 0.15) is 0 Å². The van der Waals surface area contributed by atoms with E-state index in [1.54, 1.807) is 6.92 Å². The molecule has 2 rings (SSSR count). The first-order chi connectivity index (χ1) is 11.2. The molecule has 0 aromatic carbocycles. The number of carbonyl (C=O) groups is 1. The summed E-state index contributed by atoms with van der Waals surface area (Å²) in [6, 6.07) is 1.97. The fourth-order valence-corrected chi connectivity index (χ4v) is 4.17. The van der Waals surface area contributed by atoms with E-state index in [9.17, 15) is 13.2 Å². The highest BCUT2D eigenvalue weighted by atomic mass is 32.2. The number of nitriles is 1. The molecule has 2 fully saturated rings. The third kappa shape index (κ3) is 5.41. The highest BCUT2D eigenvalue weighted by Crippen LogP contribution is 2.34. The number of rotatable bonds is 10. The minimum Gasteiger partial charge on any atom is -0.480 e. The minimum absolute atomic E-state index is 0.0141. The molecule has 0 saturated heterocycles. The Morgan fingerprint density at radius 1 is 1.42 bits per heavy atom. The molecular formula is C15H26N4O4S. The van der Waals surface area contributed by atoms with Gasteiger partial charge in [-0.2, -0.15) is 22.7 Å². The SMILES string of the molecule is CC(C#N)CN(C)S(=O)(=O)NC1CC(N(CC(=O)O)CC2CC2)C1. The quantitative estimate of drug-likeness (QED) is 0.578. The van der Waals surface area contributed by atoms with E-state index in [4.69, 9.17) is 10.4 Å². The van der Waals surface area contributed by atoms with Crippen LogP contribution in [0, 0.1) is 23.2 Å². The first kappa shape index (κ1) is 19.1. The van der Waals surface area contributed by atoms with Crippen LogP contribution >= 0.6 is 0 Å². The Kier molecular flexibility index (Phi) is 6.20. The van der Waals surface area contributed by atoms with Crippen LogP contribution in [0.1, 0.15) is 32.6 Å². The van der Waals surface area contributed by atoms with Crippen molar-refractivity contribution in [1.82, 2.24) is 13.9 Å². The molecule has 0 aromatic rings. The molecule has 0 bridgehead atoms. The van der Waals surface area contributed by atoms with Gasteiger partial charge in [0.25, 0.3) is 10.2 Å². The van der Waals surface area contributed by atoms with Gasteiger partial charge in [-0.05, 0) is 38.5 Å². The van der Waals surface area contributed by atoms with Crippen LogP contribution in [0.15, 0.2) is 0 Å². The Bertz CT molecular complexity index is 593. The van der Waals surface area contributed by atoms with Gasteiger partial charge in [0.05, 0.1) is 18.5 Å². The fraction of sp³-hybridized carbons (Fsp3) is 0.867. The largest absolute Gasteiger partial charge is 0.480 e. The summed E-state index contributed by atoms with van der Waals surface area (Å²) < 4.78 is 28.3. The van der Waals surface area contributed by atoms with Crippen LogP contribution in [0.2, 0.25) is 0 Å². The second kappa shape index (κ2) is 7.78. The van der Waals surface area contributed by atoms with Crippen molar-refractivity contribution in [3.63, 3.8) is 0 Å². The third-order valence-electron chi connectivity index (χ3n) is 4.63. The van der Waals surface area contributed by atoms with Gasteiger partial charge in [0.2, 0.25) is 0 Å². The van der Waals surface area contributed by atoms with Crippen LogP contribution in [0.25, 0.3) is 0 Å². The Balaban J connectivity index is 1.81. The molecule has 8 nitrogen and oxygen atoms in total. The molecule has 0 amide bonds. The number of carboxylic acid groups (broad SMARTS) is 1. The lowest BCUT2D eigenvalue weighted by atomic mass is 9.86. The second-order valence-electron chi connectivity index (χ2n) is 7.02. The molecule has 2 saturated carbocycles. The molecule has 2 N–H and O–H groups in total. The lowest BCUT2D eigenvalue weighted by Crippen LogP contribution is -2.57. The van der Waals surface area contributed by atoms with Gasteiger partial charge < -0.3 is 5.11 Å². The molecule has 0 aromatic heterocycles. The molecule has 0 radical (unpaired) electrons. The summed E-state index contributed by atoms with van der Waals surface area (Å²) in [4.78, 5) is 13.0. The molecule has 24 heavy (non-hydrogen) atoms. The van der Waals surface area contributed by atoms with E-state index in [0.29, 0.717) is 18.8 Å². The maximum Gasteiger partial charge on any atom is 0.317 e. The van der Waals surface area contributed by atoms with Crippen LogP contribution in [0.4, 0.5) is 0 Å². The third-order valence-corrected chi connectivity index (χ3v) is 6.24. The van der Waals surface area contributed by atoms with Crippen LogP contribution in [-0.2, 0) is 15.0 Å². The monoisotopic (exact) mass is 358 g/mol. The zero-order valence-electron chi connectivity index (χ0n) is 14.2. The van der Waals surface area contributed by atoms with Crippen molar-refractivity contribution >= 4 is 16.2 Å². The van der Waals surface area contributed by atoms with E-state index in [-0.39, 0.29) is 31.1 Å². The summed E-state index contributed by atoms with van der Waals surface area (Å²) >= 11 is 0. The normalized spacial score (nSPS) is 25.3. The van der Waals surface area contributed by atoms with E-state index in [1.807, 2.05) is 11.0 Å². The molecule has 2 aliphatic rings. The van der Waals surface area contributed by atoms with Crippen molar-refractivity contribution in [3.8, 4) is 6.07 Å². The summed E-state index contributed by atoms with van der Waals surface area (Å²) in [5, 5.41) is 17.8. The molecule has 0 heterocycles. The summed E-state index contributed by atoms with van der Waals surface area (Å²) in [6.07, 6.45) is 3.56. The fourth-order valence-electron chi connectivity index (χ4n) is 2.96. The second-order valence-corrected chi connectivity index (χ2v) is 8.83. The van der Waals surface area contributed by atoms with E-state index in [2.05, 4.69) is 4.72 Å². The number of aliphatic carboxylic acids is 1. The topological polar surface area (TPSA) is 114 Å². The van der Waals surface area contributed by atoms with Gasteiger partial charge in [-0.15, -0.1) is 0 Å². The number of carboxylic acids is 1. The van der Waals surface area contributed by atoms with Crippen molar-refractivity contribution < 1.29 is 18.3 Å². The van der Waals surface area contributed by atoms with E-state index in [1.165, 1.54) is 7.05 Å². The minimum atomic E-state index is -3.61. The molecule has 9 heteroatoms. The van der Waals surface area contributed by atoms with E-state index in [0.717, 1.165) is 23.7 Å². The number of hydrogen-bond acceptors (Lipinski definition) is 5. The van der Waals surface area contributed by atoms with Gasteiger partial charge in [0, 0.05) is 32.2 Å². The van der Waals surface area contributed by atoms with Crippen LogP contribution in [0.3, 0.4) is 0 Å². The predicted molar refractivity (Wildman–Crippen MR) is 88.2 cm³/mol. The molecule has 2 aliphatic carbocycles. The lowest BCUT2D eigenvalue weighted by Gasteiger charge is -2.43. The van der Waals surface area contributed by atoms with Crippen molar-refractivity contribution in [1.29, 1.82) is 5.26 Å². The molecular weight excluding hydrogens is 332 g/mol. The predicted octanol–water partition coefficient (Wildman–Crippen LogP) is 0.240. The standard InChI is InChI=1S/C15H26N4O4S/c1-11(7-16)8-18(2)24(22,23)17-13-5-14(6-13)19(10-15(20)21)9-12-3-4-12/h11-14,17H,3-6,8-10H2,1-2H3,(H,20,21). The zero-order chi connectivity index (χ0) is 17.9. The Labute approximate surface area is 143 Å². The maximum absolute atomic E-state index is 12.2. The highest BCUT2D eigenvalue weighted by molar-refractivity contribution is 7.87. The van der Waals surface area contributed by atoms with Crippen molar-refractivity contribution in [2.45, 2.75) is 44.7 Å². The molecule has 136 valence electrons. The Hall–Kier alpha value is -1.21. The molecule has 0 spiro atoms. The average Bonchev–Trinajstić information content (AvgIpc) is 3.24. The van der Waals surface area contributed by atoms with Gasteiger partial charge in [-0.3, -0.25) is 9.69 Å². The molecule has 0 aliphatic heterocycles. The van der Waals surface area contributed by atoms with Gasteiger partial charge in [-0.1, -0.05) is 0 Å². The van der Waals surface area contributed by atoms with Crippen LogP contribution in [0.5, 0.6) is 0 Å². The smallest absolute Gasteiger partial charge is 0.317 e. The van der Waals surface area contributed by atoms with E-state index < -0.39 is 16.2 Å². The summed E-state index contributed by atoms with van der Waals surface area (Å²) in [5.74, 6) is -0.617. The summed E-state index contributed by atoms with van der Waals surface area (Å²) in [5.41, 5.74) is 0. The van der Waals surface area contributed by atoms with Gasteiger partial charge >= 0.3 is 5.97 Å². The number of hydrogen-bond donors (Lipinski definition) is 2. The van der Waals surface area contributed by atoms with Crippen molar-refractivity contribution in [3.05, 3.63) is 0 Å². The highest BCUT2D eigenvalue weighted by Gasteiger charge is 2.39. The number of nitrogens with one attached hydrogen (secondary N) is 1. The van der Waals surface area contributed by atoms with Gasteiger partial charge in [-0.25, -0.2) is 0 Å². The number of nitrogens with zero attached hydrogens (tertiary/aromatic N) is 3. The van der Waals surface area contributed by atoms with Crippen molar-refractivity contribution in [2.75, 3.05) is 26.7 Å². The molecule has 1 unspecified atom stereocenters. The lowest BCUT2D eigenvalue weighted by molar-refractivity contribution is -0.139. The first-order valence-electron chi connectivity index (χ1n) is 8.30. The first-order valence-corrected chi connectivity index (χ1v) is 9.74. The average molecular weight is 358 g/mol. The maximum atomic E-state index is 12.2. The van der Waals surface area contributed by atoms with E-state index >= 15 is 0 Å². The van der Waals surface area contributed by atoms with Crippen LogP contribution in [-0.4, -0.2) is 67.5 Å². The van der Waals surface area contributed by atoms with Crippen LogP contribution < -0.4 is 4.72 Å². The Morgan fingerprint density at radius 2 is 2.04 bits per heavy atom. The van der Waals surface area contributed by atoms with Crippen molar-refractivity contribution in [2.24, 2.45) is 11.8 Å². The summed E-state index contributed by atoms with van der Waals surface area (Å²) in [7, 11) is -2.16. The Morgan fingerprint density at radius 3 is 2.54 bits per heavy atom. The summed E-state index contributed by atoms with van der Waals surface area (Å²) in [6.45, 7) is 2.62.